The van der Waals surface area contributed by atoms with Crippen LogP contribution in [-0.2, 0) is 16.4 Å². The van der Waals surface area contributed by atoms with E-state index in [9.17, 15) is 13.5 Å². The van der Waals surface area contributed by atoms with E-state index in [1.165, 1.54) is 23.1 Å². The molecule has 0 amide bonds. The number of fused-ring (bicyclic) bond motifs is 2. The number of phenols is 1. The highest BCUT2D eigenvalue weighted by atomic mass is 32.2. The highest BCUT2D eigenvalue weighted by molar-refractivity contribution is 8.01. The van der Waals surface area contributed by atoms with Crippen LogP contribution in [0.5, 0.6) is 5.75 Å². The third-order valence-corrected chi connectivity index (χ3v) is 9.29. The molecular weight excluding hydrogens is 484 g/mol. The van der Waals surface area contributed by atoms with Gasteiger partial charge in [-0.15, -0.1) is 11.3 Å². The molecule has 2 N–H and O–H groups in total. The number of hydrogen-bond acceptors (Lipinski definition) is 6. The summed E-state index contributed by atoms with van der Waals surface area (Å²) >= 11 is 2.85. The Morgan fingerprint density at radius 2 is 1.74 bits per heavy atom. The van der Waals surface area contributed by atoms with Crippen molar-refractivity contribution < 1.29 is 13.5 Å². The number of nitrogens with one attached hydrogen (secondary N) is 1. The number of aromatic hydroxyl groups is 1. The van der Waals surface area contributed by atoms with Gasteiger partial charge in [-0.25, -0.2) is 13.4 Å². The quantitative estimate of drug-likeness (QED) is 0.243. The topological polar surface area (TPSA) is 79.3 Å². The van der Waals surface area contributed by atoms with E-state index >= 15 is 0 Å². The van der Waals surface area contributed by atoms with E-state index in [2.05, 4.69) is 9.71 Å². The van der Waals surface area contributed by atoms with Gasteiger partial charge in [-0.2, -0.15) is 0 Å². The number of hydrogen-bond donors (Lipinski definition) is 2. The van der Waals surface area contributed by atoms with Crippen LogP contribution in [0.2, 0.25) is 0 Å². The van der Waals surface area contributed by atoms with Crippen molar-refractivity contribution in [1.82, 2.24) is 4.98 Å². The minimum Gasteiger partial charge on any atom is -0.506 e. The van der Waals surface area contributed by atoms with E-state index < -0.39 is 10.0 Å². The molecule has 0 unspecified atom stereocenters. The first-order valence-corrected chi connectivity index (χ1v) is 13.9. The molecule has 8 heteroatoms. The Labute approximate surface area is 206 Å². The first kappa shape index (κ1) is 22.7. The normalized spacial score (nSPS) is 11.8. The Bertz CT molecular complexity index is 1610. The standard InChI is InChI=1S/C26H22N2O3S3/c1-3-17-16(2)9-8-14-24(17)34(30,31)28-21-15-23(25(29)19-11-5-4-10-18(19)21)33-26-27-20-12-6-7-13-22(20)32-26/h4-15,28-29H,3H2,1-2H3. The van der Waals surface area contributed by atoms with Crippen molar-refractivity contribution in [3.63, 3.8) is 0 Å². The number of anilines is 1. The lowest BCUT2D eigenvalue weighted by molar-refractivity contribution is 0.469. The summed E-state index contributed by atoms with van der Waals surface area (Å²) in [4.78, 5) is 5.45. The van der Waals surface area contributed by atoms with E-state index in [1.54, 1.807) is 30.3 Å². The number of thiazole rings is 1. The molecule has 5 aromatic rings. The summed E-state index contributed by atoms with van der Waals surface area (Å²) in [5, 5.41) is 12.2. The summed E-state index contributed by atoms with van der Waals surface area (Å²) in [7, 11) is -3.85. The van der Waals surface area contributed by atoms with Crippen LogP contribution < -0.4 is 4.72 Å². The minimum absolute atomic E-state index is 0.104. The highest BCUT2D eigenvalue weighted by Gasteiger charge is 2.22. The summed E-state index contributed by atoms with van der Waals surface area (Å²) in [6.07, 6.45) is 0.609. The Balaban J connectivity index is 1.61. The number of phenolic OH excluding ortho intramolecular Hbond substituents is 1. The zero-order chi connectivity index (χ0) is 23.9. The Morgan fingerprint density at radius 3 is 2.50 bits per heavy atom. The summed E-state index contributed by atoms with van der Waals surface area (Å²) in [6.45, 7) is 3.87. The lowest BCUT2D eigenvalue weighted by Crippen LogP contribution is -2.16. The molecule has 4 aromatic carbocycles. The molecule has 34 heavy (non-hydrogen) atoms. The second-order valence-corrected chi connectivity index (χ2v) is 11.8. The van der Waals surface area contributed by atoms with Crippen molar-refractivity contribution in [2.24, 2.45) is 0 Å². The Morgan fingerprint density at radius 1 is 1.00 bits per heavy atom. The largest absolute Gasteiger partial charge is 0.506 e. The Hall–Kier alpha value is -3.07. The summed E-state index contributed by atoms with van der Waals surface area (Å²) < 4.78 is 31.5. The molecule has 172 valence electrons. The molecule has 0 aliphatic carbocycles. The summed E-state index contributed by atoms with van der Waals surface area (Å²) in [5.41, 5.74) is 3.04. The number of sulfonamides is 1. The van der Waals surface area contributed by atoms with Gasteiger partial charge in [-0.1, -0.05) is 67.2 Å². The molecule has 0 aliphatic heterocycles. The van der Waals surface area contributed by atoms with Crippen molar-refractivity contribution in [1.29, 1.82) is 0 Å². The lowest BCUT2D eigenvalue weighted by atomic mass is 10.1. The predicted molar refractivity (Wildman–Crippen MR) is 141 cm³/mol. The lowest BCUT2D eigenvalue weighted by Gasteiger charge is -2.16. The van der Waals surface area contributed by atoms with E-state index in [0.29, 0.717) is 27.8 Å². The van der Waals surface area contributed by atoms with Gasteiger partial charge in [0, 0.05) is 10.8 Å². The first-order chi connectivity index (χ1) is 16.4. The second-order valence-electron chi connectivity index (χ2n) is 7.88. The molecule has 1 heterocycles. The number of nitrogens with zero attached hydrogens (tertiary/aromatic N) is 1. The molecule has 0 fully saturated rings. The maximum absolute atomic E-state index is 13.5. The SMILES string of the molecule is CCc1c(C)cccc1S(=O)(=O)Nc1cc(Sc2nc3ccccc3s2)c(O)c2ccccc12. The smallest absolute Gasteiger partial charge is 0.262 e. The number of para-hydroxylation sites is 1. The van der Waals surface area contributed by atoms with Gasteiger partial charge in [-0.3, -0.25) is 4.72 Å². The number of benzene rings is 4. The molecule has 5 nitrogen and oxygen atoms in total. The Kier molecular flexibility index (Phi) is 5.97. The molecule has 0 atom stereocenters. The maximum atomic E-state index is 13.5. The van der Waals surface area contributed by atoms with Crippen LogP contribution in [0.15, 0.2) is 86.9 Å². The average Bonchev–Trinajstić information content (AvgIpc) is 3.24. The molecule has 0 aliphatic rings. The molecule has 5 rings (SSSR count). The van der Waals surface area contributed by atoms with E-state index in [0.717, 1.165) is 25.7 Å². The van der Waals surface area contributed by atoms with Crippen LogP contribution in [0, 0.1) is 6.92 Å². The zero-order valence-electron chi connectivity index (χ0n) is 18.6. The van der Waals surface area contributed by atoms with Gasteiger partial charge in [0.15, 0.2) is 4.34 Å². The van der Waals surface area contributed by atoms with Crippen LogP contribution in [0.25, 0.3) is 21.0 Å². The number of aryl methyl sites for hydroxylation is 1. The molecule has 1 aromatic heterocycles. The van der Waals surface area contributed by atoms with Gasteiger partial charge in [0.05, 0.1) is 25.7 Å². The molecule has 0 saturated heterocycles. The molecule has 0 spiro atoms. The zero-order valence-corrected chi connectivity index (χ0v) is 21.0. The van der Waals surface area contributed by atoms with Gasteiger partial charge in [-0.05, 0) is 48.7 Å². The van der Waals surface area contributed by atoms with Gasteiger partial charge >= 0.3 is 0 Å². The summed E-state index contributed by atoms with van der Waals surface area (Å²) in [5.74, 6) is 0.104. The monoisotopic (exact) mass is 506 g/mol. The van der Waals surface area contributed by atoms with Crippen molar-refractivity contribution in [2.45, 2.75) is 34.4 Å². The third-order valence-electron chi connectivity index (χ3n) is 5.71. The summed E-state index contributed by atoms with van der Waals surface area (Å²) in [6, 6.07) is 22.1. The molecule has 0 saturated carbocycles. The van der Waals surface area contributed by atoms with Gasteiger partial charge in [0.1, 0.15) is 5.75 Å². The van der Waals surface area contributed by atoms with E-state index in [4.69, 9.17) is 0 Å². The molecular formula is C26H22N2O3S3. The maximum Gasteiger partial charge on any atom is 0.262 e. The van der Waals surface area contributed by atoms with Crippen LogP contribution in [0.4, 0.5) is 5.69 Å². The van der Waals surface area contributed by atoms with Crippen LogP contribution in [0.3, 0.4) is 0 Å². The minimum atomic E-state index is -3.85. The average molecular weight is 507 g/mol. The van der Waals surface area contributed by atoms with Crippen molar-refractivity contribution >= 4 is 59.8 Å². The van der Waals surface area contributed by atoms with Crippen molar-refractivity contribution in [3.8, 4) is 5.75 Å². The van der Waals surface area contributed by atoms with Crippen molar-refractivity contribution in [2.75, 3.05) is 4.72 Å². The number of aromatic nitrogens is 1. The van der Waals surface area contributed by atoms with E-state index in [1.807, 2.05) is 56.3 Å². The predicted octanol–water partition coefficient (Wildman–Crippen LogP) is 6.98. The molecule has 0 bridgehead atoms. The number of rotatable bonds is 6. The fourth-order valence-electron chi connectivity index (χ4n) is 4.07. The van der Waals surface area contributed by atoms with Crippen LogP contribution in [-0.4, -0.2) is 18.5 Å². The van der Waals surface area contributed by atoms with Gasteiger partial charge in [0.2, 0.25) is 0 Å². The highest BCUT2D eigenvalue weighted by Crippen LogP contribution is 2.44. The van der Waals surface area contributed by atoms with Crippen LogP contribution in [0.1, 0.15) is 18.1 Å². The third kappa shape index (κ3) is 4.13. The fraction of sp³-hybridized carbons (Fsp3) is 0.115. The second kappa shape index (κ2) is 8.94. The van der Waals surface area contributed by atoms with Crippen molar-refractivity contribution in [3.05, 3.63) is 83.9 Å². The van der Waals surface area contributed by atoms with Crippen LogP contribution >= 0.6 is 23.1 Å². The van der Waals surface area contributed by atoms with E-state index in [-0.39, 0.29) is 10.6 Å². The first-order valence-electron chi connectivity index (χ1n) is 10.8. The van der Waals surface area contributed by atoms with Gasteiger partial charge in [0.25, 0.3) is 10.0 Å². The van der Waals surface area contributed by atoms with Gasteiger partial charge < -0.3 is 5.11 Å². The fourth-order valence-corrected chi connectivity index (χ4v) is 7.64. The molecule has 0 radical (unpaired) electrons.